The predicted molar refractivity (Wildman–Crippen MR) is 93.0 cm³/mol. The van der Waals surface area contributed by atoms with E-state index >= 15 is 0 Å². The molecule has 6 nitrogen and oxygen atoms in total. The zero-order valence-corrected chi connectivity index (χ0v) is 15.0. The number of carbonyl (C=O) groups excluding carboxylic acids is 2. The average Bonchev–Trinajstić information content (AvgIpc) is 3.00. The zero-order chi connectivity index (χ0) is 18.6. The van der Waals surface area contributed by atoms with E-state index in [0.29, 0.717) is 12.1 Å². The molecule has 0 atom stereocenters. The molecule has 8 heteroatoms. The van der Waals surface area contributed by atoms with Crippen LogP contribution < -0.4 is 10.6 Å². The number of benzene rings is 1. The van der Waals surface area contributed by atoms with Crippen molar-refractivity contribution < 1.29 is 14.0 Å². The molecule has 0 fully saturated rings. The van der Waals surface area contributed by atoms with Crippen molar-refractivity contribution in [2.75, 3.05) is 6.54 Å². The summed E-state index contributed by atoms with van der Waals surface area (Å²) in [6, 6.07) is 3.92. The van der Waals surface area contributed by atoms with Crippen LogP contribution in [0.5, 0.6) is 0 Å². The maximum atomic E-state index is 13.0. The third kappa shape index (κ3) is 5.29. The van der Waals surface area contributed by atoms with Crippen LogP contribution in [0.3, 0.4) is 0 Å². The molecule has 0 aliphatic rings. The highest BCUT2D eigenvalue weighted by Gasteiger charge is 2.21. The topological polar surface area (TPSA) is 86.9 Å². The number of amides is 2. The molecule has 1 heterocycles. The van der Waals surface area contributed by atoms with Gasteiger partial charge in [0.25, 0.3) is 11.8 Å². The Kier molecular flexibility index (Phi) is 5.79. The van der Waals surface area contributed by atoms with E-state index in [1.165, 1.54) is 24.5 Å². The number of carbonyl (C=O) groups is 2. The standard InChI is InChI=1S/C17H20ClFN4O2/c1-17(2,3)8-21-16(25)14-13(22-9-23-14)15(24)20-7-10-4-5-11(19)6-12(10)18/h4-6,9H,7-8H2,1-3H3,(H,20,24)(H,21,25)(H,22,23). The van der Waals surface area contributed by atoms with Crippen LogP contribution in [-0.2, 0) is 6.54 Å². The van der Waals surface area contributed by atoms with Gasteiger partial charge in [0.15, 0.2) is 5.69 Å². The molecule has 1 aromatic heterocycles. The number of imidazole rings is 1. The van der Waals surface area contributed by atoms with Crippen LogP contribution in [0.15, 0.2) is 24.5 Å². The monoisotopic (exact) mass is 366 g/mol. The molecule has 0 saturated heterocycles. The van der Waals surface area contributed by atoms with E-state index in [1.54, 1.807) is 0 Å². The molecule has 0 aliphatic heterocycles. The fourth-order valence-corrected chi connectivity index (χ4v) is 2.23. The lowest BCUT2D eigenvalue weighted by molar-refractivity contribution is 0.0905. The van der Waals surface area contributed by atoms with E-state index in [1.807, 2.05) is 20.8 Å². The van der Waals surface area contributed by atoms with E-state index in [0.717, 1.165) is 0 Å². The molecule has 2 rings (SSSR count). The lowest BCUT2D eigenvalue weighted by Gasteiger charge is -2.18. The number of hydrogen-bond acceptors (Lipinski definition) is 3. The Morgan fingerprint density at radius 2 is 1.96 bits per heavy atom. The first-order valence-electron chi connectivity index (χ1n) is 7.71. The maximum Gasteiger partial charge on any atom is 0.272 e. The number of aromatic nitrogens is 2. The zero-order valence-electron chi connectivity index (χ0n) is 14.2. The van der Waals surface area contributed by atoms with Crippen LogP contribution in [0.4, 0.5) is 4.39 Å². The Bertz CT molecular complexity index is 783. The van der Waals surface area contributed by atoms with Gasteiger partial charge < -0.3 is 15.6 Å². The molecule has 3 N–H and O–H groups in total. The van der Waals surface area contributed by atoms with E-state index in [4.69, 9.17) is 11.6 Å². The van der Waals surface area contributed by atoms with Gasteiger partial charge in [-0.05, 0) is 23.1 Å². The minimum absolute atomic E-state index is 0.0203. The molecule has 0 saturated carbocycles. The third-order valence-electron chi connectivity index (χ3n) is 3.32. The molecule has 25 heavy (non-hydrogen) atoms. The Labute approximate surface area is 150 Å². The highest BCUT2D eigenvalue weighted by atomic mass is 35.5. The number of hydrogen-bond donors (Lipinski definition) is 3. The van der Waals surface area contributed by atoms with Crippen molar-refractivity contribution >= 4 is 23.4 Å². The number of halogens is 2. The van der Waals surface area contributed by atoms with Gasteiger partial charge in [-0.3, -0.25) is 9.59 Å². The lowest BCUT2D eigenvalue weighted by Crippen LogP contribution is -2.34. The van der Waals surface area contributed by atoms with E-state index < -0.39 is 17.6 Å². The minimum atomic E-state index is -0.501. The van der Waals surface area contributed by atoms with Crippen LogP contribution in [0.2, 0.25) is 5.02 Å². The maximum absolute atomic E-state index is 13.0. The van der Waals surface area contributed by atoms with Gasteiger partial charge in [-0.2, -0.15) is 0 Å². The highest BCUT2D eigenvalue weighted by molar-refractivity contribution is 6.31. The summed E-state index contributed by atoms with van der Waals surface area (Å²) in [7, 11) is 0. The van der Waals surface area contributed by atoms with Crippen LogP contribution in [0.1, 0.15) is 47.3 Å². The Morgan fingerprint density at radius 3 is 2.60 bits per heavy atom. The first-order valence-corrected chi connectivity index (χ1v) is 8.09. The van der Waals surface area contributed by atoms with Crippen molar-refractivity contribution in [3.05, 3.63) is 52.3 Å². The molecule has 2 aromatic rings. The summed E-state index contributed by atoms with van der Waals surface area (Å²) in [5.74, 6) is -1.38. The van der Waals surface area contributed by atoms with Crippen LogP contribution in [0, 0.1) is 11.2 Å². The van der Waals surface area contributed by atoms with Crippen LogP contribution >= 0.6 is 11.6 Å². The quantitative estimate of drug-likeness (QED) is 0.760. The molecular formula is C17H20ClFN4O2. The second kappa shape index (κ2) is 7.65. The summed E-state index contributed by atoms with van der Waals surface area (Å²) in [5, 5.41) is 5.59. The molecule has 0 bridgehead atoms. The second-order valence-corrected chi connectivity index (χ2v) is 7.20. The van der Waals surface area contributed by atoms with Gasteiger partial charge in [0.05, 0.1) is 6.33 Å². The van der Waals surface area contributed by atoms with Crippen molar-refractivity contribution in [3.63, 3.8) is 0 Å². The highest BCUT2D eigenvalue weighted by Crippen LogP contribution is 2.17. The summed E-state index contributed by atoms with van der Waals surface area (Å²) in [5.41, 5.74) is 0.555. The summed E-state index contributed by atoms with van der Waals surface area (Å²) >= 11 is 5.93. The van der Waals surface area contributed by atoms with Crippen molar-refractivity contribution in [3.8, 4) is 0 Å². The largest absolute Gasteiger partial charge is 0.350 e. The average molecular weight is 367 g/mol. The smallest absolute Gasteiger partial charge is 0.272 e. The third-order valence-corrected chi connectivity index (χ3v) is 3.67. The number of nitrogens with zero attached hydrogens (tertiary/aromatic N) is 1. The second-order valence-electron chi connectivity index (χ2n) is 6.79. The lowest BCUT2D eigenvalue weighted by atomic mass is 9.97. The van der Waals surface area contributed by atoms with Crippen molar-refractivity contribution in [1.29, 1.82) is 0 Å². The van der Waals surface area contributed by atoms with Crippen molar-refractivity contribution in [2.24, 2.45) is 5.41 Å². The Balaban J connectivity index is 2.03. The number of aromatic amines is 1. The van der Waals surface area contributed by atoms with Gasteiger partial charge in [-0.25, -0.2) is 9.37 Å². The molecule has 0 unspecified atom stereocenters. The van der Waals surface area contributed by atoms with Gasteiger partial charge in [-0.15, -0.1) is 0 Å². The fraction of sp³-hybridized carbons (Fsp3) is 0.353. The number of H-pyrrole nitrogens is 1. The van der Waals surface area contributed by atoms with Crippen LogP contribution in [0.25, 0.3) is 0 Å². The summed E-state index contributed by atoms with van der Waals surface area (Å²) in [4.78, 5) is 31.1. The molecule has 134 valence electrons. The van der Waals surface area contributed by atoms with Gasteiger partial charge in [-0.1, -0.05) is 38.4 Å². The minimum Gasteiger partial charge on any atom is -0.350 e. The summed E-state index contributed by atoms with van der Waals surface area (Å²) in [6.07, 6.45) is 1.28. The number of nitrogens with one attached hydrogen (secondary N) is 3. The molecule has 0 radical (unpaired) electrons. The molecule has 0 aliphatic carbocycles. The Hall–Kier alpha value is -2.41. The molecule has 2 amide bonds. The summed E-state index contributed by atoms with van der Waals surface area (Å²) < 4.78 is 13.0. The normalized spacial score (nSPS) is 11.2. The SMILES string of the molecule is CC(C)(C)CNC(=O)c1nc[nH]c1C(=O)NCc1ccc(F)cc1Cl. The van der Waals surface area contributed by atoms with Crippen LogP contribution in [-0.4, -0.2) is 28.3 Å². The first kappa shape index (κ1) is 18.9. The molecular weight excluding hydrogens is 347 g/mol. The van der Waals surface area contributed by atoms with E-state index in [9.17, 15) is 14.0 Å². The van der Waals surface area contributed by atoms with Gasteiger partial charge in [0.1, 0.15) is 11.5 Å². The van der Waals surface area contributed by atoms with Gasteiger partial charge in [0, 0.05) is 18.1 Å². The van der Waals surface area contributed by atoms with E-state index in [2.05, 4.69) is 20.6 Å². The first-order chi connectivity index (χ1) is 11.7. The summed E-state index contributed by atoms with van der Waals surface area (Å²) in [6.45, 7) is 6.50. The Morgan fingerprint density at radius 1 is 1.24 bits per heavy atom. The molecule has 0 spiro atoms. The van der Waals surface area contributed by atoms with Gasteiger partial charge in [0.2, 0.25) is 0 Å². The fourth-order valence-electron chi connectivity index (χ4n) is 2.00. The van der Waals surface area contributed by atoms with E-state index in [-0.39, 0.29) is 28.4 Å². The molecule has 1 aromatic carbocycles. The number of rotatable bonds is 5. The van der Waals surface area contributed by atoms with Crippen molar-refractivity contribution in [2.45, 2.75) is 27.3 Å². The van der Waals surface area contributed by atoms with Crippen molar-refractivity contribution in [1.82, 2.24) is 20.6 Å². The predicted octanol–water partition coefficient (Wildman–Crippen LogP) is 2.91. The van der Waals surface area contributed by atoms with Gasteiger partial charge >= 0.3 is 0 Å².